The summed E-state index contributed by atoms with van der Waals surface area (Å²) in [7, 11) is 0. The number of amides is 1. The Labute approximate surface area is 249 Å². The van der Waals surface area contributed by atoms with Gasteiger partial charge in [0.25, 0.3) is 5.91 Å². The molecule has 216 valence electrons. The summed E-state index contributed by atoms with van der Waals surface area (Å²) in [6.07, 6.45) is -0.961. The Morgan fingerprint density at radius 3 is 2.21 bits per heavy atom. The number of halogens is 1. The zero-order valence-electron chi connectivity index (χ0n) is 23.4. The van der Waals surface area contributed by atoms with Gasteiger partial charge in [0.05, 0.1) is 23.0 Å². The number of esters is 2. The van der Waals surface area contributed by atoms with Gasteiger partial charge in [-0.2, -0.15) is 5.10 Å². The van der Waals surface area contributed by atoms with E-state index in [9.17, 15) is 14.4 Å². The molecule has 1 saturated heterocycles. The van der Waals surface area contributed by atoms with E-state index < -0.39 is 18.0 Å². The van der Waals surface area contributed by atoms with Crippen LogP contribution in [-0.2, 0) is 19.1 Å². The highest BCUT2D eigenvalue weighted by Gasteiger charge is 2.31. The molecule has 1 aliphatic heterocycles. The molecule has 0 N–H and O–H groups in total. The molecule has 42 heavy (non-hydrogen) atoms. The van der Waals surface area contributed by atoms with Crippen molar-refractivity contribution in [2.75, 3.05) is 37.7 Å². The second-order valence-electron chi connectivity index (χ2n) is 9.76. The van der Waals surface area contributed by atoms with Gasteiger partial charge in [0.15, 0.2) is 5.69 Å². The van der Waals surface area contributed by atoms with Gasteiger partial charge in [0.2, 0.25) is 6.10 Å². The second-order valence-corrected chi connectivity index (χ2v) is 10.2. The number of nitrogens with zero attached hydrogens (tertiary/aromatic N) is 4. The fraction of sp³-hybridized carbons (Fsp3) is 0.250. The first-order valence-corrected chi connectivity index (χ1v) is 14.1. The number of aromatic nitrogens is 2. The molecule has 1 aliphatic rings. The lowest BCUT2D eigenvalue weighted by atomic mass is 10.1. The third-order valence-corrected chi connectivity index (χ3v) is 7.32. The summed E-state index contributed by atoms with van der Waals surface area (Å²) in [5, 5.41) is 5.01. The first-order chi connectivity index (χ1) is 20.4. The van der Waals surface area contributed by atoms with Crippen molar-refractivity contribution in [3.05, 3.63) is 101 Å². The summed E-state index contributed by atoms with van der Waals surface area (Å²) in [4.78, 5) is 41.5. The molecular weight excluding hydrogens is 556 g/mol. The molecule has 0 bridgehead atoms. The number of hydrogen-bond acceptors (Lipinski definition) is 7. The Morgan fingerprint density at radius 2 is 1.57 bits per heavy atom. The Morgan fingerprint density at radius 1 is 0.905 bits per heavy atom. The van der Waals surface area contributed by atoms with E-state index in [-0.39, 0.29) is 18.2 Å². The molecule has 2 heterocycles. The molecule has 5 rings (SSSR count). The van der Waals surface area contributed by atoms with E-state index in [4.69, 9.17) is 21.1 Å². The highest BCUT2D eigenvalue weighted by atomic mass is 35.5. The number of carbonyl (C=O) groups is 3. The number of piperazine rings is 1. The van der Waals surface area contributed by atoms with Crippen molar-refractivity contribution >= 4 is 35.1 Å². The number of rotatable bonds is 8. The molecular formula is C32H31ClN4O5. The Bertz CT molecular complexity index is 1560. The van der Waals surface area contributed by atoms with E-state index >= 15 is 0 Å². The van der Waals surface area contributed by atoms with E-state index in [0.717, 1.165) is 11.3 Å². The number of para-hydroxylation sites is 1. The number of ether oxygens (including phenoxy) is 2. The van der Waals surface area contributed by atoms with Crippen molar-refractivity contribution in [2.45, 2.75) is 20.0 Å². The van der Waals surface area contributed by atoms with Gasteiger partial charge in [-0.15, -0.1) is 0 Å². The largest absolute Gasteiger partial charge is 0.461 e. The van der Waals surface area contributed by atoms with Gasteiger partial charge in [-0.3, -0.25) is 9.59 Å². The number of carbonyl (C=O) groups excluding carboxylic acids is 3. The van der Waals surface area contributed by atoms with E-state index in [0.29, 0.717) is 48.1 Å². The van der Waals surface area contributed by atoms with Crippen LogP contribution in [0.3, 0.4) is 0 Å². The molecule has 1 fully saturated rings. The fourth-order valence-electron chi connectivity index (χ4n) is 4.95. The van der Waals surface area contributed by atoms with Crippen LogP contribution in [0.1, 0.15) is 36.0 Å². The second kappa shape index (κ2) is 12.9. The fourth-order valence-corrected chi connectivity index (χ4v) is 5.16. The average molecular weight is 587 g/mol. The van der Waals surface area contributed by atoms with Crippen molar-refractivity contribution in [1.82, 2.24) is 14.7 Å². The molecule has 10 heteroatoms. The third kappa shape index (κ3) is 6.31. The lowest BCUT2D eigenvalue weighted by Gasteiger charge is -2.37. The maximum atomic E-state index is 13.3. The Hall–Kier alpha value is -4.63. The SMILES string of the molecule is CCOC(=O)c1cc(-c2ccc(N3CCN(C(=O)C(OC(C)=O)c4ccccc4)CC3)cc2)n(-c2ccccc2Cl)n1. The molecule has 3 aromatic carbocycles. The lowest BCUT2D eigenvalue weighted by Crippen LogP contribution is -2.50. The number of benzene rings is 3. The Kier molecular flexibility index (Phi) is 8.88. The normalized spacial score (nSPS) is 13.9. The molecule has 0 spiro atoms. The van der Waals surface area contributed by atoms with Crippen LogP contribution in [0.2, 0.25) is 5.02 Å². The summed E-state index contributed by atoms with van der Waals surface area (Å²) in [5.74, 6) is -1.23. The molecule has 9 nitrogen and oxygen atoms in total. The first kappa shape index (κ1) is 28.9. The van der Waals surface area contributed by atoms with Gasteiger partial charge in [-0.05, 0) is 37.3 Å². The molecule has 1 amide bonds. The quantitative estimate of drug-likeness (QED) is 0.258. The van der Waals surface area contributed by atoms with Crippen molar-refractivity contribution in [2.24, 2.45) is 0 Å². The standard InChI is InChI=1S/C32H31ClN4O5/c1-3-41-32(40)27-21-29(37(34-27)28-12-8-7-11-26(28)33)23-13-15-25(16-14-23)35-17-19-36(20-18-35)31(39)30(42-22(2)38)24-9-5-4-6-10-24/h4-16,21,30H,3,17-20H2,1-2H3. The molecule has 0 aliphatic carbocycles. The highest BCUT2D eigenvalue weighted by molar-refractivity contribution is 6.32. The Balaban J connectivity index is 1.32. The smallest absolute Gasteiger partial charge is 0.358 e. The molecule has 1 atom stereocenters. The minimum absolute atomic E-state index is 0.194. The minimum atomic E-state index is -0.961. The van der Waals surface area contributed by atoms with Crippen LogP contribution >= 0.6 is 11.6 Å². The zero-order chi connectivity index (χ0) is 29.6. The zero-order valence-corrected chi connectivity index (χ0v) is 24.2. The van der Waals surface area contributed by atoms with Crippen molar-refractivity contribution < 1.29 is 23.9 Å². The van der Waals surface area contributed by atoms with Crippen molar-refractivity contribution in [3.63, 3.8) is 0 Å². The molecule has 1 aromatic heterocycles. The van der Waals surface area contributed by atoms with Crippen LogP contribution in [0.15, 0.2) is 84.9 Å². The van der Waals surface area contributed by atoms with Crippen LogP contribution in [0.5, 0.6) is 0 Å². The summed E-state index contributed by atoms with van der Waals surface area (Å²) < 4.78 is 12.2. The topological polar surface area (TPSA) is 94.0 Å². The number of hydrogen-bond donors (Lipinski definition) is 0. The summed E-state index contributed by atoms with van der Waals surface area (Å²) in [6.45, 7) is 5.54. The predicted octanol–water partition coefficient (Wildman–Crippen LogP) is 5.32. The molecule has 0 saturated carbocycles. The van der Waals surface area contributed by atoms with Crippen LogP contribution < -0.4 is 4.90 Å². The first-order valence-electron chi connectivity index (χ1n) is 13.7. The maximum Gasteiger partial charge on any atom is 0.358 e. The van der Waals surface area contributed by atoms with Crippen LogP contribution in [0.25, 0.3) is 16.9 Å². The number of anilines is 1. The van der Waals surface area contributed by atoms with Crippen LogP contribution in [-0.4, -0.2) is 65.3 Å². The summed E-state index contributed by atoms with van der Waals surface area (Å²) in [5.41, 5.74) is 4.04. The van der Waals surface area contributed by atoms with Gasteiger partial charge < -0.3 is 19.3 Å². The van der Waals surface area contributed by atoms with Crippen LogP contribution in [0.4, 0.5) is 5.69 Å². The summed E-state index contributed by atoms with van der Waals surface area (Å²) in [6, 6.07) is 26.0. The van der Waals surface area contributed by atoms with E-state index in [1.807, 2.05) is 60.7 Å². The van der Waals surface area contributed by atoms with Crippen molar-refractivity contribution in [1.29, 1.82) is 0 Å². The van der Waals surface area contributed by atoms with Crippen LogP contribution in [0, 0.1) is 0 Å². The van der Waals surface area contributed by atoms with Gasteiger partial charge in [-0.25, -0.2) is 9.48 Å². The van der Waals surface area contributed by atoms with Gasteiger partial charge in [0.1, 0.15) is 0 Å². The van der Waals surface area contributed by atoms with E-state index in [2.05, 4.69) is 10.00 Å². The van der Waals surface area contributed by atoms with E-state index in [1.165, 1.54) is 6.92 Å². The molecule has 4 aromatic rings. The third-order valence-electron chi connectivity index (χ3n) is 7.00. The maximum absolute atomic E-state index is 13.3. The van der Waals surface area contributed by atoms with Gasteiger partial charge in [-0.1, -0.05) is 66.2 Å². The monoisotopic (exact) mass is 586 g/mol. The molecule has 0 radical (unpaired) electrons. The predicted molar refractivity (Wildman–Crippen MR) is 160 cm³/mol. The average Bonchev–Trinajstić information content (AvgIpc) is 3.46. The van der Waals surface area contributed by atoms with Gasteiger partial charge >= 0.3 is 11.9 Å². The lowest BCUT2D eigenvalue weighted by molar-refractivity contribution is -0.159. The highest BCUT2D eigenvalue weighted by Crippen LogP contribution is 2.30. The van der Waals surface area contributed by atoms with Crippen molar-refractivity contribution in [3.8, 4) is 16.9 Å². The van der Waals surface area contributed by atoms with E-state index in [1.54, 1.807) is 40.8 Å². The minimum Gasteiger partial charge on any atom is -0.461 e. The molecule has 1 unspecified atom stereocenters. The van der Waals surface area contributed by atoms with Gasteiger partial charge in [0, 0.05) is 49.9 Å². The summed E-state index contributed by atoms with van der Waals surface area (Å²) >= 11 is 6.47.